The third-order valence-electron chi connectivity index (χ3n) is 4.22. The average Bonchev–Trinajstić information content (AvgIpc) is 3.08. The van der Waals surface area contributed by atoms with Crippen LogP contribution in [0.1, 0.15) is 18.4 Å². The summed E-state index contributed by atoms with van der Waals surface area (Å²) in [5.41, 5.74) is 1.04. The van der Waals surface area contributed by atoms with Crippen molar-refractivity contribution in [2.75, 3.05) is 27.3 Å². The van der Waals surface area contributed by atoms with Gasteiger partial charge in [0.05, 0.1) is 20.6 Å². The van der Waals surface area contributed by atoms with Crippen LogP contribution in [0.15, 0.2) is 30.3 Å². The molecule has 1 aliphatic rings. The number of amides is 1. The van der Waals surface area contributed by atoms with Crippen LogP contribution in [0.4, 0.5) is 0 Å². The first-order valence-electron chi connectivity index (χ1n) is 7.63. The van der Waals surface area contributed by atoms with Crippen LogP contribution < -0.4 is 9.47 Å². The zero-order valence-corrected chi connectivity index (χ0v) is 13.1. The van der Waals surface area contributed by atoms with Gasteiger partial charge in [-0.25, -0.2) is 0 Å². The van der Waals surface area contributed by atoms with E-state index in [0.717, 1.165) is 48.0 Å². The quantitative estimate of drug-likeness (QED) is 0.871. The van der Waals surface area contributed by atoms with E-state index in [2.05, 4.69) is 6.07 Å². The average molecular weight is 299 g/mol. The molecule has 0 N–H and O–H groups in total. The van der Waals surface area contributed by atoms with Crippen molar-refractivity contribution >= 4 is 16.7 Å². The molecule has 0 aromatic heterocycles. The molecule has 1 heterocycles. The van der Waals surface area contributed by atoms with Crippen molar-refractivity contribution in [3.8, 4) is 11.5 Å². The zero-order valence-electron chi connectivity index (χ0n) is 13.1. The van der Waals surface area contributed by atoms with E-state index in [1.54, 1.807) is 14.2 Å². The Morgan fingerprint density at radius 1 is 1.00 bits per heavy atom. The summed E-state index contributed by atoms with van der Waals surface area (Å²) < 4.78 is 10.7. The molecule has 1 amide bonds. The number of carbonyl (C=O) groups excluding carboxylic acids is 1. The minimum absolute atomic E-state index is 0.220. The summed E-state index contributed by atoms with van der Waals surface area (Å²) in [5, 5.41) is 2.14. The fraction of sp³-hybridized carbons (Fsp3) is 0.389. The lowest BCUT2D eigenvalue weighted by atomic mass is 10.0. The number of fused-ring (bicyclic) bond motifs is 1. The highest BCUT2D eigenvalue weighted by Gasteiger charge is 2.18. The predicted molar refractivity (Wildman–Crippen MR) is 86.6 cm³/mol. The van der Waals surface area contributed by atoms with Crippen LogP contribution in [-0.2, 0) is 11.2 Å². The van der Waals surface area contributed by atoms with Crippen molar-refractivity contribution in [3.05, 3.63) is 35.9 Å². The second kappa shape index (κ2) is 6.26. The molecular weight excluding hydrogens is 278 g/mol. The van der Waals surface area contributed by atoms with E-state index < -0.39 is 0 Å². The van der Waals surface area contributed by atoms with Crippen molar-refractivity contribution in [1.82, 2.24) is 4.90 Å². The molecule has 1 aliphatic heterocycles. The fourth-order valence-electron chi connectivity index (χ4n) is 2.99. The molecule has 4 nitrogen and oxygen atoms in total. The van der Waals surface area contributed by atoms with Gasteiger partial charge < -0.3 is 14.4 Å². The van der Waals surface area contributed by atoms with Crippen LogP contribution in [0.25, 0.3) is 10.8 Å². The van der Waals surface area contributed by atoms with Crippen molar-refractivity contribution < 1.29 is 14.3 Å². The number of rotatable bonds is 4. The summed E-state index contributed by atoms with van der Waals surface area (Å²) >= 11 is 0. The van der Waals surface area contributed by atoms with Gasteiger partial charge in [0.25, 0.3) is 0 Å². The zero-order chi connectivity index (χ0) is 15.5. The molecule has 116 valence electrons. The maximum absolute atomic E-state index is 12.3. The van der Waals surface area contributed by atoms with Crippen LogP contribution >= 0.6 is 0 Å². The van der Waals surface area contributed by atoms with Crippen molar-refractivity contribution in [1.29, 1.82) is 0 Å². The SMILES string of the molecule is COc1cc2ccc(CC(=O)N3CCCC3)cc2cc1OC. The van der Waals surface area contributed by atoms with Crippen LogP contribution in [0, 0.1) is 0 Å². The van der Waals surface area contributed by atoms with Gasteiger partial charge in [-0.3, -0.25) is 4.79 Å². The number of nitrogens with zero attached hydrogens (tertiary/aromatic N) is 1. The molecule has 2 aromatic rings. The molecule has 4 heteroatoms. The Labute approximate surface area is 130 Å². The smallest absolute Gasteiger partial charge is 0.226 e. The van der Waals surface area contributed by atoms with E-state index in [0.29, 0.717) is 12.2 Å². The highest BCUT2D eigenvalue weighted by Crippen LogP contribution is 2.32. The first kappa shape index (κ1) is 14.7. The number of carbonyl (C=O) groups is 1. The third-order valence-corrected chi connectivity index (χ3v) is 4.22. The van der Waals surface area contributed by atoms with Gasteiger partial charge in [-0.2, -0.15) is 0 Å². The fourth-order valence-corrected chi connectivity index (χ4v) is 2.99. The van der Waals surface area contributed by atoms with E-state index >= 15 is 0 Å². The lowest BCUT2D eigenvalue weighted by molar-refractivity contribution is -0.129. The molecule has 0 spiro atoms. The summed E-state index contributed by atoms with van der Waals surface area (Å²) in [6.07, 6.45) is 2.71. The second-order valence-electron chi connectivity index (χ2n) is 5.65. The van der Waals surface area contributed by atoms with Crippen molar-refractivity contribution in [2.45, 2.75) is 19.3 Å². The second-order valence-corrected chi connectivity index (χ2v) is 5.65. The van der Waals surface area contributed by atoms with Gasteiger partial charge >= 0.3 is 0 Å². The molecular formula is C18H21NO3. The Balaban J connectivity index is 1.87. The van der Waals surface area contributed by atoms with E-state index in [9.17, 15) is 4.79 Å². The van der Waals surface area contributed by atoms with Gasteiger partial charge in [-0.1, -0.05) is 18.2 Å². The Kier molecular flexibility index (Phi) is 4.18. The summed E-state index contributed by atoms with van der Waals surface area (Å²) in [4.78, 5) is 14.2. The number of hydrogen-bond acceptors (Lipinski definition) is 3. The lowest BCUT2D eigenvalue weighted by Crippen LogP contribution is -2.29. The maximum atomic E-state index is 12.3. The first-order chi connectivity index (χ1) is 10.7. The van der Waals surface area contributed by atoms with E-state index in [1.807, 2.05) is 29.2 Å². The molecule has 1 fully saturated rings. The highest BCUT2D eigenvalue weighted by atomic mass is 16.5. The molecule has 2 aromatic carbocycles. The van der Waals surface area contributed by atoms with Gasteiger partial charge in [0.15, 0.2) is 11.5 Å². The molecule has 3 rings (SSSR count). The summed E-state index contributed by atoms with van der Waals surface area (Å²) in [6.45, 7) is 1.80. The molecule has 0 aliphatic carbocycles. The van der Waals surface area contributed by atoms with Gasteiger partial charge in [0.1, 0.15) is 0 Å². The number of likely N-dealkylation sites (tertiary alicyclic amines) is 1. The number of hydrogen-bond donors (Lipinski definition) is 0. The van der Waals surface area contributed by atoms with E-state index in [4.69, 9.17) is 9.47 Å². The Hall–Kier alpha value is -2.23. The highest BCUT2D eigenvalue weighted by molar-refractivity contribution is 5.88. The van der Waals surface area contributed by atoms with Crippen LogP contribution in [-0.4, -0.2) is 38.1 Å². The standard InChI is InChI=1S/C18H21NO3/c1-21-16-11-14-6-5-13(9-15(14)12-17(16)22-2)10-18(20)19-7-3-4-8-19/h5-6,9,11-12H,3-4,7-8,10H2,1-2H3. The molecule has 0 unspecified atom stereocenters. The predicted octanol–water partition coefficient (Wildman–Crippen LogP) is 3.02. The molecule has 0 radical (unpaired) electrons. The minimum atomic E-state index is 0.220. The maximum Gasteiger partial charge on any atom is 0.226 e. The molecule has 22 heavy (non-hydrogen) atoms. The van der Waals surface area contributed by atoms with Crippen LogP contribution in [0.5, 0.6) is 11.5 Å². The van der Waals surface area contributed by atoms with Gasteiger partial charge in [0, 0.05) is 13.1 Å². The normalized spacial score (nSPS) is 14.4. The Morgan fingerprint density at radius 2 is 1.64 bits per heavy atom. The minimum Gasteiger partial charge on any atom is -0.493 e. The lowest BCUT2D eigenvalue weighted by Gasteiger charge is -2.15. The van der Waals surface area contributed by atoms with Crippen molar-refractivity contribution in [3.63, 3.8) is 0 Å². The van der Waals surface area contributed by atoms with Crippen LogP contribution in [0.3, 0.4) is 0 Å². The number of benzene rings is 2. The van der Waals surface area contributed by atoms with Gasteiger partial charge in [-0.05, 0) is 41.3 Å². The topological polar surface area (TPSA) is 38.8 Å². The molecule has 0 bridgehead atoms. The third kappa shape index (κ3) is 2.86. The first-order valence-corrected chi connectivity index (χ1v) is 7.63. The van der Waals surface area contributed by atoms with E-state index in [1.165, 1.54) is 0 Å². The Morgan fingerprint density at radius 3 is 2.27 bits per heavy atom. The number of ether oxygens (including phenoxy) is 2. The molecule has 1 saturated heterocycles. The summed E-state index contributed by atoms with van der Waals surface area (Å²) in [5.74, 6) is 1.64. The van der Waals surface area contributed by atoms with Gasteiger partial charge in [0.2, 0.25) is 5.91 Å². The molecule has 0 saturated carbocycles. The molecule has 0 atom stereocenters. The largest absolute Gasteiger partial charge is 0.493 e. The van der Waals surface area contributed by atoms with Gasteiger partial charge in [-0.15, -0.1) is 0 Å². The Bertz CT molecular complexity index is 690. The summed E-state index contributed by atoms with van der Waals surface area (Å²) in [6, 6.07) is 10.0. The van der Waals surface area contributed by atoms with Crippen LogP contribution in [0.2, 0.25) is 0 Å². The van der Waals surface area contributed by atoms with Crippen molar-refractivity contribution in [2.24, 2.45) is 0 Å². The van der Waals surface area contributed by atoms with E-state index in [-0.39, 0.29) is 5.91 Å². The summed E-state index contributed by atoms with van der Waals surface area (Å²) in [7, 11) is 3.26. The monoisotopic (exact) mass is 299 g/mol. The number of methoxy groups -OCH3 is 2.